The van der Waals surface area contributed by atoms with E-state index >= 15 is 0 Å². The van der Waals surface area contributed by atoms with Gasteiger partial charge in [-0.3, -0.25) is 4.98 Å². The van der Waals surface area contributed by atoms with Crippen LogP contribution in [0.15, 0.2) is 18.3 Å². The van der Waals surface area contributed by atoms with Crippen LogP contribution in [0.25, 0.3) is 0 Å². The molecule has 0 saturated heterocycles. The lowest BCUT2D eigenvalue weighted by Gasteiger charge is -2.19. The quantitative estimate of drug-likeness (QED) is 0.769. The molecule has 18 heavy (non-hydrogen) atoms. The molecular formula is C15H26N2O. The predicted octanol–water partition coefficient (Wildman–Crippen LogP) is 2.28. The average Bonchev–Trinajstić information content (AvgIpc) is 2.41. The Balaban J connectivity index is 2.36. The van der Waals surface area contributed by atoms with Gasteiger partial charge in [0.2, 0.25) is 0 Å². The van der Waals surface area contributed by atoms with Crippen molar-refractivity contribution < 1.29 is 5.11 Å². The maximum absolute atomic E-state index is 10.0. The van der Waals surface area contributed by atoms with Crippen molar-refractivity contribution in [2.45, 2.75) is 46.1 Å². The monoisotopic (exact) mass is 250 g/mol. The van der Waals surface area contributed by atoms with E-state index in [1.165, 1.54) is 5.56 Å². The molecule has 0 bridgehead atoms. The number of nitrogens with zero attached hydrogens (tertiary/aromatic N) is 2. The van der Waals surface area contributed by atoms with Crippen molar-refractivity contribution >= 4 is 0 Å². The van der Waals surface area contributed by atoms with E-state index in [0.29, 0.717) is 6.42 Å². The second-order valence-electron chi connectivity index (χ2n) is 4.68. The number of pyridine rings is 1. The standard InChI is InChI=1S/C15H26N2O/c1-4-13-7-8-14(16-12-13)11-15(18)9-10-17(5-2)6-3/h7-8,12,15,18H,4-6,9-11H2,1-3H3. The first-order chi connectivity index (χ1) is 8.69. The summed E-state index contributed by atoms with van der Waals surface area (Å²) in [6.07, 6.45) is 4.11. The minimum absolute atomic E-state index is 0.287. The molecule has 1 heterocycles. The molecule has 1 N–H and O–H groups in total. The second-order valence-corrected chi connectivity index (χ2v) is 4.68. The molecular weight excluding hydrogens is 224 g/mol. The number of hydrogen-bond donors (Lipinski definition) is 1. The molecule has 0 aromatic carbocycles. The normalized spacial score (nSPS) is 12.9. The minimum Gasteiger partial charge on any atom is -0.393 e. The smallest absolute Gasteiger partial charge is 0.0607 e. The first-order valence-electron chi connectivity index (χ1n) is 7.03. The summed E-state index contributed by atoms with van der Waals surface area (Å²) in [6, 6.07) is 4.12. The summed E-state index contributed by atoms with van der Waals surface area (Å²) in [5, 5.41) is 10.0. The van der Waals surface area contributed by atoms with Crippen molar-refractivity contribution in [3.05, 3.63) is 29.6 Å². The third kappa shape index (κ3) is 5.15. The van der Waals surface area contributed by atoms with Gasteiger partial charge in [0.25, 0.3) is 0 Å². The molecule has 0 radical (unpaired) electrons. The number of rotatable bonds is 8. The van der Waals surface area contributed by atoms with Crippen LogP contribution in [0, 0.1) is 0 Å². The maximum Gasteiger partial charge on any atom is 0.0607 e. The molecule has 3 nitrogen and oxygen atoms in total. The highest BCUT2D eigenvalue weighted by atomic mass is 16.3. The van der Waals surface area contributed by atoms with Crippen LogP contribution in [0.4, 0.5) is 0 Å². The van der Waals surface area contributed by atoms with Crippen molar-refractivity contribution in [1.82, 2.24) is 9.88 Å². The number of aliphatic hydroxyl groups is 1. The molecule has 1 aromatic rings. The van der Waals surface area contributed by atoms with E-state index in [2.05, 4.69) is 36.7 Å². The third-order valence-corrected chi connectivity index (χ3v) is 3.41. The van der Waals surface area contributed by atoms with Gasteiger partial charge < -0.3 is 10.0 Å². The van der Waals surface area contributed by atoms with E-state index in [9.17, 15) is 5.11 Å². The van der Waals surface area contributed by atoms with Crippen molar-refractivity contribution in [1.29, 1.82) is 0 Å². The van der Waals surface area contributed by atoms with Crippen molar-refractivity contribution in [2.24, 2.45) is 0 Å². The summed E-state index contributed by atoms with van der Waals surface area (Å²) in [5.74, 6) is 0. The van der Waals surface area contributed by atoms with Gasteiger partial charge in [-0.05, 0) is 37.6 Å². The van der Waals surface area contributed by atoms with Gasteiger partial charge in [0.1, 0.15) is 0 Å². The van der Waals surface area contributed by atoms with Gasteiger partial charge in [0.15, 0.2) is 0 Å². The molecule has 102 valence electrons. The lowest BCUT2D eigenvalue weighted by atomic mass is 10.1. The van der Waals surface area contributed by atoms with Crippen LogP contribution in [0.1, 0.15) is 38.4 Å². The van der Waals surface area contributed by atoms with E-state index in [-0.39, 0.29) is 6.10 Å². The van der Waals surface area contributed by atoms with Gasteiger partial charge >= 0.3 is 0 Å². The van der Waals surface area contributed by atoms with Crippen LogP contribution in [-0.2, 0) is 12.8 Å². The fourth-order valence-electron chi connectivity index (χ4n) is 2.00. The zero-order chi connectivity index (χ0) is 13.4. The molecule has 3 heteroatoms. The number of aromatic nitrogens is 1. The zero-order valence-corrected chi connectivity index (χ0v) is 11.9. The Morgan fingerprint density at radius 2 is 1.94 bits per heavy atom. The Hall–Kier alpha value is -0.930. The predicted molar refractivity (Wildman–Crippen MR) is 75.7 cm³/mol. The van der Waals surface area contributed by atoms with Gasteiger partial charge in [-0.15, -0.1) is 0 Å². The highest BCUT2D eigenvalue weighted by molar-refractivity contribution is 5.14. The van der Waals surface area contributed by atoms with E-state index in [1.54, 1.807) is 0 Å². The number of hydrogen-bond acceptors (Lipinski definition) is 3. The Kier molecular flexibility index (Phi) is 6.91. The molecule has 0 fully saturated rings. The molecule has 0 aliphatic carbocycles. The van der Waals surface area contributed by atoms with Crippen LogP contribution in [0.3, 0.4) is 0 Å². The molecule has 1 rings (SSSR count). The molecule has 1 atom stereocenters. The van der Waals surface area contributed by atoms with Crippen molar-refractivity contribution in [3.8, 4) is 0 Å². The number of aliphatic hydroxyl groups excluding tert-OH is 1. The first-order valence-corrected chi connectivity index (χ1v) is 7.03. The summed E-state index contributed by atoms with van der Waals surface area (Å²) in [5.41, 5.74) is 2.23. The molecule has 1 unspecified atom stereocenters. The topological polar surface area (TPSA) is 36.4 Å². The summed E-state index contributed by atoms with van der Waals surface area (Å²) in [4.78, 5) is 6.71. The van der Waals surface area contributed by atoms with Gasteiger partial charge in [0.05, 0.1) is 6.10 Å². The largest absolute Gasteiger partial charge is 0.393 e. The van der Waals surface area contributed by atoms with E-state index in [1.807, 2.05) is 12.3 Å². The van der Waals surface area contributed by atoms with E-state index in [0.717, 1.165) is 38.2 Å². The Labute approximate surface area is 111 Å². The SMILES string of the molecule is CCc1ccc(CC(O)CCN(CC)CC)nc1. The summed E-state index contributed by atoms with van der Waals surface area (Å²) in [7, 11) is 0. The van der Waals surface area contributed by atoms with Gasteiger partial charge in [0, 0.05) is 24.9 Å². The molecule has 0 aliphatic heterocycles. The zero-order valence-electron chi connectivity index (χ0n) is 11.9. The summed E-state index contributed by atoms with van der Waals surface area (Å²) in [6.45, 7) is 9.48. The average molecular weight is 250 g/mol. The van der Waals surface area contributed by atoms with E-state index in [4.69, 9.17) is 0 Å². The van der Waals surface area contributed by atoms with Gasteiger partial charge in [-0.2, -0.15) is 0 Å². The number of aryl methyl sites for hydroxylation is 1. The van der Waals surface area contributed by atoms with Gasteiger partial charge in [-0.1, -0.05) is 26.8 Å². The van der Waals surface area contributed by atoms with Crippen LogP contribution < -0.4 is 0 Å². The Bertz CT molecular complexity index is 320. The van der Waals surface area contributed by atoms with Crippen LogP contribution in [0.2, 0.25) is 0 Å². The lowest BCUT2D eigenvalue weighted by Crippen LogP contribution is -2.27. The first kappa shape index (κ1) is 15.1. The fraction of sp³-hybridized carbons (Fsp3) is 0.667. The second kappa shape index (κ2) is 8.22. The molecule has 1 aromatic heterocycles. The Morgan fingerprint density at radius 1 is 1.22 bits per heavy atom. The summed E-state index contributed by atoms with van der Waals surface area (Å²) >= 11 is 0. The minimum atomic E-state index is -0.287. The molecule has 0 saturated carbocycles. The molecule has 0 spiro atoms. The van der Waals surface area contributed by atoms with Crippen molar-refractivity contribution in [3.63, 3.8) is 0 Å². The van der Waals surface area contributed by atoms with Crippen LogP contribution in [0.5, 0.6) is 0 Å². The maximum atomic E-state index is 10.0. The van der Waals surface area contributed by atoms with Gasteiger partial charge in [-0.25, -0.2) is 0 Å². The third-order valence-electron chi connectivity index (χ3n) is 3.41. The highest BCUT2D eigenvalue weighted by Crippen LogP contribution is 2.06. The highest BCUT2D eigenvalue weighted by Gasteiger charge is 2.08. The van der Waals surface area contributed by atoms with Crippen LogP contribution in [-0.4, -0.2) is 40.7 Å². The molecule has 0 amide bonds. The van der Waals surface area contributed by atoms with Crippen molar-refractivity contribution in [2.75, 3.05) is 19.6 Å². The molecule has 0 aliphatic rings. The Morgan fingerprint density at radius 3 is 2.44 bits per heavy atom. The summed E-state index contributed by atoms with van der Waals surface area (Å²) < 4.78 is 0. The van der Waals surface area contributed by atoms with E-state index < -0.39 is 0 Å². The fourth-order valence-corrected chi connectivity index (χ4v) is 2.00. The van der Waals surface area contributed by atoms with Crippen LogP contribution >= 0.6 is 0 Å². The lowest BCUT2D eigenvalue weighted by molar-refractivity contribution is 0.143.